The lowest BCUT2D eigenvalue weighted by Gasteiger charge is -2.35. The van der Waals surface area contributed by atoms with Crippen molar-refractivity contribution in [2.45, 2.75) is 17.3 Å². The molecular formula is C26H22F3N3OS. The van der Waals surface area contributed by atoms with E-state index < -0.39 is 16.8 Å². The molecule has 1 N–H and O–H groups in total. The van der Waals surface area contributed by atoms with Gasteiger partial charge in [-0.25, -0.2) is 4.98 Å². The molecule has 1 aromatic heterocycles. The molecule has 0 aliphatic heterocycles. The van der Waals surface area contributed by atoms with Gasteiger partial charge in [-0.15, -0.1) is 0 Å². The number of alkyl halides is 3. The van der Waals surface area contributed by atoms with Crippen LogP contribution < -0.4 is 5.32 Å². The fraction of sp³-hybridized carbons (Fsp3) is 0.154. The molecule has 8 heteroatoms. The highest BCUT2D eigenvalue weighted by Gasteiger charge is 2.39. The minimum absolute atomic E-state index is 0.152. The van der Waals surface area contributed by atoms with Gasteiger partial charge in [-0.2, -0.15) is 13.2 Å². The van der Waals surface area contributed by atoms with Crippen LogP contribution in [-0.2, 0) is 16.0 Å². The number of amides is 1. The Bertz CT molecular complexity index is 1120. The maximum atomic E-state index is 12.4. The lowest BCUT2D eigenvalue weighted by molar-refractivity contribution is -0.173. The number of nitrogens with zero attached hydrogens (tertiary/aromatic N) is 2. The molecule has 0 fully saturated rings. The number of imidazole rings is 1. The normalized spacial score (nSPS) is 11.9. The van der Waals surface area contributed by atoms with Crippen molar-refractivity contribution in [1.29, 1.82) is 0 Å². The fourth-order valence-electron chi connectivity index (χ4n) is 3.76. The Labute approximate surface area is 200 Å². The quantitative estimate of drug-likeness (QED) is 0.334. The molecule has 1 amide bonds. The summed E-state index contributed by atoms with van der Waals surface area (Å²) in [5.41, 5.74) is 3.80. The second-order valence-electron chi connectivity index (χ2n) is 7.60. The van der Waals surface area contributed by atoms with Gasteiger partial charge in [0.1, 0.15) is 11.1 Å². The smallest absolute Gasteiger partial charge is 0.348 e. The van der Waals surface area contributed by atoms with E-state index in [1.54, 1.807) is 24.5 Å². The molecule has 3 aromatic carbocycles. The van der Waals surface area contributed by atoms with Gasteiger partial charge in [0.2, 0.25) is 0 Å². The Morgan fingerprint density at radius 3 is 1.74 bits per heavy atom. The number of halogens is 3. The minimum Gasteiger partial charge on any atom is -0.348 e. The van der Waals surface area contributed by atoms with E-state index >= 15 is 0 Å². The number of benzene rings is 3. The predicted molar refractivity (Wildman–Crippen MR) is 127 cm³/mol. The highest BCUT2D eigenvalue weighted by Crippen LogP contribution is 2.48. The highest BCUT2D eigenvalue weighted by atomic mass is 32.2. The van der Waals surface area contributed by atoms with Gasteiger partial charge < -0.3 is 5.32 Å². The summed E-state index contributed by atoms with van der Waals surface area (Å²) in [6, 6.07) is 30.4. The summed E-state index contributed by atoms with van der Waals surface area (Å²) in [4.78, 5) is 15.4. The van der Waals surface area contributed by atoms with Gasteiger partial charge in [0.15, 0.2) is 0 Å². The van der Waals surface area contributed by atoms with Crippen molar-refractivity contribution >= 4 is 17.9 Å². The highest BCUT2D eigenvalue weighted by molar-refractivity contribution is 7.99. The molecule has 0 saturated carbocycles. The minimum atomic E-state index is -4.89. The monoisotopic (exact) mass is 481 g/mol. The first kappa shape index (κ1) is 23.6. The van der Waals surface area contributed by atoms with Crippen LogP contribution in [0.1, 0.15) is 22.4 Å². The molecule has 4 nitrogen and oxygen atoms in total. The van der Waals surface area contributed by atoms with Gasteiger partial charge in [-0.3, -0.25) is 8.77 Å². The zero-order valence-corrected chi connectivity index (χ0v) is 18.9. The van der Waals surface area contributed by atoms with Gasteiger partial charge in [0.05, 0.1) is 5.69 Å². The molecule has 4 rings (SSSR count). The Hall–Kier alpha value is -3.52. The van der Waals surface area contributed by atoms with E-state index in [-0.39, 0.29) is 13.0 Å². The number of aromatic nitrogens is 2. The number of hydrogen-bond donors (Lipinski definition) is 1. The number of carbonyl (C=O) groups is 1. The Morgan fingerprint density at radius 2 is 1.29 bits per heavy atom. The van der Waals surface area contributed by atoms with E-state index in [2.05, 4.69) is 41.4 Å². The molecule has 0 radical (unpaired) electrons. The standard InChI is InChI=1S/C26H22F3N3OS/c27-26(28,29)24(33)30-17-16-23-18-32(19-31-23)34-25(20-10-4-1-5-11-20,21-12-6-2-7-13-21)22-14-8-3-9-15-22/h1-15,18-19H,16-17H2,(H,30,33). The third-order valence-corrected chi connectivity index (χ3v) is 6.71. The van der Waals surface area contributed by atoms with Crippen molar-refractivity contribution < 1.29 is 18.0 Å². The third-order valence-electron chi connectivity index (χ3n) is 5.32. The molecule has 0 bridgehead atoms. The summed E-state index contributed by atoms with van der Waals surface area (Å²) < 4.78 is 38.5. The SMILES string of the molecule is O=C(NCCc1cn(SC(c2ccccc2)(c2ccccc2)c2ccccc2)cn1)C(F)(F)F. The Balaban J connectivity index is 1.67. The first-order chi connectivity index (χ1) is 16.4. The third kappa shape index (κ3) is 5.17. The number of hydrogen-bond acceptors (Lipinski definition) is 3. The van der Waals surface area contributed by atoms with E-state index in [9.17, 15) is 18.0 Å². The van der Waals surface area contributed by atoms with Crippen molar-refractivity contribution in [1.82, 2.24) is 14.3 Å². The van der Waals surface area contributed by atoms with Crippen LogP contribution >= 0.6 is 11.9 Å². The molecule has 0 aliphatic carbocycles. The average molecular weight is 482 g/mol. The summed E-state index contributed by atoms with van der Waals surface area (Å²) in [7, 11) is 0. The van der Waals surface area contributed by atoms with E-state index in [4.69, 9.17) is 0 Å². The van der Waals surface area contributed by atoms with Gasteiger partial charge >= 0.3 is 12.1 Å². The van der Waals surface area contributed by atoms with Gasteiger partial charge in [-0.1, -0.05) is 91.0 Å². The van der Waals surface area contributed by atoms with Gasteiger partial charge in [0, 0.05) is 19.2 Å². The second kappa shape index (κ2) is 10.2. The van der Waals surface area contributed by atoms with Crippen molar-refractivity contribution in [3.8, 4) is 0 Å². The van der Waals surface area contributed by atoms with Crippen molar-refractivity contribution in [3.05, 3.63) is 126 Å². The van der Waals surface area contributed by atoms with Crippen molar-refractivity contribution in [2.24, 2.45) is 0 Å². The van der Waals surface area contributed by atoms with E-state index in [1.807, 2.05) is 63.9 Å². The molecule has 1 heterocycles. The average Bonchev–Trinajstić information content (AvgIpc) is 3.30. The van der Waals surface area contributed by atoms with Crippen LogP contribution in [0.15, 0.2) is 104 Å². The molecule has 174 valence electrons. The lowest BCUT2D eigenvalue weighted by atomic mass is 9.84. The lowest BCUT2D eigenvalue weighted by Crippen LogP contribution is -2.37. The van der Waals surface area contributed by atoms with Crippen LogP contribution in [0.2, 0.25) is 0 Å². The number of nitrogens with one attached hydrogen (secondary N) is 1. The van der Waals surface area contributed by atoms with E-state index in [0.29, 0.717) is 5.69 Å². The van der Waals surface area contributed by atoms with E-state index in [1.165, 1.54) is 0 Å². The van der Waals surface area contributed by atoms with Crippen LogP contribution in [0, 0.1) is 0 Å². The molecular weight excluding hydrogens is 459 g/mol. The van der Waals surface area contributed by atoms with Crippen LogP contribution in [0.5, 0.6) is 0 Å². The second-order valence-corrected chi connectivity index (χ2v) is 8.82. The van der Waals surface area contributed by atoms with Gasteiger partial charge in [0.25, 0.3) is 0 Å². The Kier molecular flexibility index (Phi) is 7.07. The maximum absolute atomic E-state index is 12.4. The molecule has 34 heavy (non-hydrogen) atoms. The van der Waals surface area contributed by atoms with Crippen LogP contribution in [0.25, 0.3) is 0 Å². The molecule has 0 aliphatic rings. The largest absolute Gasteiger partial charge is 0.471 e. The molecule has 0 unspecified atom stereocenters. The first-order valence-electron chi connectivity index (χ1n) is 10.6. The predicted octanol–water partition coefficient (Wildman–Crippen LogP) is 5.59. The molecule has 0 saturated heterocycles. The fourth-order valence-corrected chi connectivity index (χ4v) is 5.07. The maximum Gasteiger partial charge on any atom is 0.471 e. The summed E-state index contributed by atoms with van der Waals surface area (Å²) in [6.45, 7) is -0.152. The zero-order valence-electron chi connectivity index (χ0n) is 18.1. The Morgan fingerprint density at radius 1 is 0.824 bits per heavy atom. The molecule has 0 atom stereocenters. The van der Waals surface area contributed by atoms with Crippen LogP contribution in [0.3, 0.4) is 0 Å². The summed E-state index contributed by atoms with van der Waals surface area (Å²) in [5, 5.41) is 1.89. The van der Waals surface area contributed by atoms with Crippen LogP contribution in [0.4, 0.5) is 13.2 Å². The number of rotatable bonds is 8. The van der Waals surface area contributed by atoms with Crippen molar-refractivity contribution in [2.75, 3.05) is 6.54 Å². The van der Waals surface area contributed by atoms with Crippen molar-refractivity contribution in [3.63, 3.8) is 0 Å². The van der Waals surface area contributed by atoms with E-state index in [0.717, 1.165) is 16.7 Å². The summed E-state index contributed by atoms with van der Waals surface area (Å²) in [6.07, 6.45) is -1.27. The topological polar surface area (TPSA) is 46.9 Å². The van der Waals surface area contributed by atoms with Crippen LogP contribution in [-0.4, -0.2) is 27.6 Å². The summed E-state index contributed by atoms with van der Waals surface area (Å²) >= 11 is 1.55. The first-order valence-corrected chi connectivity index (χ1v) is 11.4. The molecule has 4 aromatic rings. The zero-order chi connectivity index (χ0) is 24.0. The van der Waals surface area contributed by atoms with Gasteiger partial charge in [-0.05, 0) is 28.6 Å². The summed E-state index contributed by atoms with van der Waals surface area (Å²) in [5.74, 6) is -1.95. The number of carbonyl (C=O) groups excluding carboxylic acids is 1. The molecule has 0 spiro atoms.